The number of aromatic amines is 1. The minimum Gasteiger partial charge on any atom is -0.317 e. The summed E-state index contributed by atoms with van der Waals surface area (Å²) in [4.78, 5) is 12.4. The van der Waals surface area contributed by atoms with Crippen LogP contribution >= 0.6 is 0 Å². The third kappa shape index (κ3) is 3.46. The number of nitrogens with zero attached hydrogens (tertiary/aromatic N) is 3. The van der Waals surface area contributed by atoms with Gasteiger partial charge in [0.15, 0.2) is 5.82 Å². The van der Waals surface area contributed by atoms with Gasteiger partial charge in [-0.3, -0.25) is 9.89 Å². The van der Waals surface area contributed by atoms with Gasteiger partial charge in [-0.15, -0.1) is 0 Å². The minimum absolute atomic E-state index is 0.171. The van der Waals surface area contributed by atoms with Crippen molar-refractivity contribution in [2.24, 2.45) is 0 Å². The molecule has 0 spiro atoms. The van der Waals surface area contributed by atoms with Crippen LogP contribution in [0.5, 0.6) is 0 Å². The molecule has 1 aliphatic rings. The van der Waals surface area contributed by atoms with Gasteiger partial charge in [0.05, 0.1) is 5.69 Å². The zero-order valence-corrected chi connectivity index (χ0v) is 13.8. The second-order valence-electron chi connectivity index (χ2n) is 6.18. The van der Waals surface area contributed by atoms with E-state index in [1.165, 1.54) is 0 Å². The molecular formula is C18H20N6O. The van der Waals surface area contributed by atoms with Crippen molar-refractivity contribution in [3.63, 3.8) is 0 Å². The van der Waals surface area contributed by atoms with Gasteiger partial charge in [0.2, 0.25) is 0 Å². The molecule has 128 valence electrons. The lowest BCUT2D eigenvalue weighted by molar-refractivity contribution is 0.102. The highest BCUT2D eigenvalue weighted by Gasteiger charge is 2.18. The molecule has 4 rings (SSSR count). The lowest BCUT2D eigenvalue weighted by Crippen LogP contribution is -2.26. The number of piperidine rings is 1. The topological polar surface area (TPSA) is 87.6 Å². The number of hydrogen-bond acceptors (Lipinski definition) is 4. The number of aromatic nitrogens is 4. The summed E-state index contributed by atoms with van der Waals surface area (Å²) in [6.45, 7) is 2.04. The first-order valence-corrected chi connectivity index (χ1v) is 8.47. The average molecular weight is 336 g/mol. The maximum Gasteiger partial charge on any atom is 0.256 e. The number of amides is 1. The molecule has 3 N–H and O–H groups in total. The maximum atomic E-state index is 12.4. The van der Waals surface area contributed by atoms with Crippen molar-refractivity contribution in [1.29, 1.82) is 0 Å². The van der Waals surface area contributed by atoms with Crippen LogP contribution < -0.4 is 10.6 Å². The molecule has 0 aliphatic carbocycles. The Morgan fingerprint density at radius 1 is 1.20 bits per heavy atom. The van der Waals surface area contributed by atoms with Crippen molar-refractivity contribution in [2.45, 2.75) is 18.8 Å². The number of carbonyl (C=O) groups excluding carboxylic acids is 1. The molecule has 7 heteroatoms. The van der Waals surface area contributed by atoms with Gasteiger partial charge in [-0.05, 0) is 56.3 Å². The van der Waals surface area contributed by atoms with Crippen LogP contribution in [0, 0.1) is 0 Å². The van der Waals surface area contributed by atoms with E-state index >= 15 is 0 Å². The second-order valence-corrected chi connectivity index (χ2v) is 6.18. The lowest BCUT2D eigenvalue weighted by atomic mass is 9.95. The van der Waals surface area contributed by atoms with Crippen molar-refractivity contribution in [1.82, 2.24) is 25.3 Å². The predicted octanol–water partition coefficient (Wildman–Crippen LogP) is 2.31. The molecule has 1 saturated heterocycles. The zero-order valence-electron chi connectivity index (χ0n) is 13.8. The number of rotatable bonds is 4. The fourth-order valence-electron chi connectivity index (χ4n) is 3.12. The highest BCUT2D eigenvalue weighted by molar-refractivity contribution is 6.03. The third-order valence-electron chi connectivity index (χ3n) is 4.52. The smallest absolute Gasteiger partial charge is 0.256 e. The Labute approximate surface area is 145 Å². The Hall–Kier alpha value is -2.93. The number of H-pyrrole nitrogens is 1. The molecule has 2 aromatic heterocycles. The van der Waals surface area contributed by atoms with Gasteiger partial charge in [-0.25, -0.2) is 4.68 Å². The van der Waals surface area contributed by atoms with Gasteiger partial charge >= 0.3 is 0 Å². The predicted molar refractivity (Wildman–Crippen MR) is 94.9 cm³/mol. The lowest BCUT2D eigenvalue weighted by Gasteiger charge is -2.20. The number of carbonyl (C=O) groups is 1. The normalized spacial score (nSPS) is 15.2. The highest BCUT2D eigenvalue weighted by atomic mass is 16.1. The molecule has 1 fully saturated rings. The van der Waals surface area contributed by atoms with Crippen LogP contribution in [-0.2, 0) is 0 Å². The first kappa shape index (κ1) is 15.6. The molecule has 0 unspecified atom stereocenters. The van der Waals surface area contributed by atoms with Crippen molar-refractivity contribution in [2.75, 3.05) is 18.4 Å². The summed E-state index contributed by atoms with van der Waals surface area (Å²) in [5.74, 6) is 0.873. The Kier molecular flexibility index (Phi) is 4.30. The van der Waals surface area contributed by atoms with E-state index in [0.29, 0.717) is 17.3 Å². The molecule has 25 heavy (non-hydrogen) atoms. The van der Waals surface area contributed by atoms with Crippen molar-refractivity contribution in [3.05, 3.63) is 60.0 Å². The second kappa shape index (κ2) is 6.90. The van der Waals surface area contributed by atoms with E-state index in [2.05, 4.69) is 25.9 Å². The summed E-state index contributed by atoms with van der Waals surface area (Å²) < 4.78 is 1.75. The van der Waals surface area contributed by atoms with Crippen molar-refractivity contribution < 1.29 is 4.79 Å². The SMILES string of the molecule is O=C(Nc1cc(C2CCNCC2)[nH]n1)c1ccc(-n2cccn2)cc1. The van der Waals surface area contributed by atoms with Crippen LogP contribution in [0.3, 0.4) is 0 Å². The molecule has 1 amide bonds. The molecule has 3 aromatic rings. The van der Waals surface area contributed by atoms with Crippen LogP contribution in [0.1, 0.15) is 34.8 Å². The van der Waals surface area contributed by atoms with Crippen LogP contribution in [0.4, 0.5) is 5.82 Å². The number of nitrogens with one attached hydrogen (secondary N) is 3. The molecule has 3 heterocycles. The zero-order chi connectivity index (χ0) is 17.1. The van der Waals surface area contributed by atoms with E-state index < -0.39 is 0 Å². The Balaban J connectivity index is 1.42. The fraction of sp³-hybridized carbons (Fsp3) is 0.278. The molecule has 7 nitrogen and oxygen atoms in total. The monoisotopic (exact) mass is 336 g/mol. The quantitative estimate of drug-likeness (QED) is 0.682. The van der Waals surface area contributed by atoms with Gasteiger partial charge in [0.25, 0.3) is 5.91 Å². The van der Waals surface area contributed by atoms with Crippen LogP contribution in [0.15, 0.2) is 48.8 Å². The molecular weight excluding hydrogens is 316 g/mol. The first-order chi connectivity index (χ1) is 12.3. The highest BCUT2D eigenvalue weighted by Crippen LogP contribution is 2.25. The molecule has 0 radical (unpaired) electrons. The number of hydrogen-bond donors (Lipinski definition) is 3. The summed E-state index contributed by atoms with van der Waals surface area (Å²) in [5.41, 5.74) is 2.59. The van der Waals surface area contributed by atoms with E-state index in [4.69, 9.17) is 0 Å². The van der Waals surface area contributed by atoms with Gasteiger partial charge in [0, 0.05) is 35.6 Å². The molecule has 0 saturated carbocycles. The maximum absolute atomic E-state index is 12.4. The first-order valence-electron chi connectivity index (χ1n) is 8.47. The van der Waals surface area contributed by atoms with Crippen LogP contribution in [0.25, 0.3) is 5.69 Å². The fourth-order valence-corrected chi connectivity index (χ4v) is 3.12. The van der Waals surface area contributed by atoms with Crippen LogP contribution in [-0.4, -0.2) is 39.0 Å². The van der Waals surface area contributed by atoms with Gasteiger partial charge < -0.3 is 10.6 Å². The Morgan fingerprint density at radius 3 is 2.72 bits per heavy atom. The van der Waals surface area contributed by atoms with E-state index in [1.807, 2.05) is 30.5 Å². The van der Waals surface area contributed by atoms with Crippen molar-refractivity contribution in [3.8, 4) is 5.69 Å². The van der Waals surface area contributed by atoms with E-state index in [9.17, 15) is 4.79 Å². The largest absolute Gasteiger partial charge is 0.317 e. The summed E-state index contributed by atoms with van der Waals surface area (Å²) >= 11 is 0. The summed E-state index contributed by atoms with van der Waals surface area (Å²) in [7, 11) is 0. The van der Waals surface area contributed by atoms with Gasteiger partial charge in [-0.1, -0.05) is 0 Å². The third-order valence-corrected chi connectivity index (χ3v) is 4.52. The van der Waals surface area contributed by atoms with E-state index in [0.717, 1.165) is 37.3 Å². The number of anilines is 1. The molecule has 1 aromatic carbocycles. The summed E-state index contributed by atoms with van der Waals surface area (Å²) in [6.07, 6.45) is 5.76. The summed E-state index contributed by atoms with van der Waals surface area (Å²) in [5, 5.41) is 17.7. The van der Waals surface area contributed by atoms with Crippen LogP contribution in [0.2, 0.25) is 0 Å². The van der Waals surface area contributed by atoms with Crippen molar-refractivity contribution >= 4 is 11.7 Å². The standard InChI is InChI=1S/C18H20N6O/c25-18(14-2-4-15(5-3-14)24-11-1-8-20-24)21-17-12-16(22-23-17)13-6-9-19-10-7-13/h1-5,8,11-13,19H,6-7,9-10H2,(H2,21,22,23,25). The van der Waals surface area contributed by atoms with Gasteiger partial charge in [-0.2, -0.15) is 10.2 Å². The molecule has 0 atom stereocenters. The Morgan fingerprint density at radius 2 is 2.00 bits per heavy atom. The number of benzene rings is 1. The molecule has 0 bridgehead atoms. The minimum atomic E-state index is -0.171. The Bertz CT molecular complexity index is 831. The van der Waals surface area contributed by atoms with E-state index in [1.54, 1.807) is 23.0 Å². The molecule has 1 aliphatic heterocycles. The van der Waals surface area contributed by atoms with Gasteiger partial charge in [0.1, 0.15) is 0 Å². The average Bonchev–Trinajstić information content (AvgIpc) is 3.35. The van der Waals surface area contributed by atoms with E-state index in [-0.39, 0.29) is 5.91 Å². The summed E-state index contributed by atoms with van der Waals surface area (Å²) in [6, 6.07) is 11.1.